The molecule has 0 saturated carbocycles. The van der Waals surface area contributed by atoms with E-state index in [1.165, 1.54) is 11.5 Å². The molecule has 2 rings (SSSR count). The Morgan fingerprint density at radius 2 is 1.84 bits per heavy atom. The summed E-state index contributed by atoms with van der Waals surface area (Å²) in [5.74, 6) is 1.14. The molecule has 1 aliphatic heterocycles. The predicted molar refractivity (Wildman–Crippen MR) is 185 cm³/mol. The second-order valence-corrected chi connectivity index (χ2v) is 20.3. The van der Waals surface area contributed by atoms with Gasteiger partial charge in [0.1, 0.15) is 0 Å². The first-order valence-electron chi connectivity index (χ1n) is 16.0. The zero-order chi connectivity index (χ0) is 34.1. The van der Waals surface area contributed by atoms with Gasteiger partial charge >= 0.3 is 237 Å². The van der Waals surface area contributed by atoms with Crippen LogP contribution in [0.15, 0.2) is 17.1 Å². The molecule has 0 amide bonds. The second-order valence-electron chi connectivity index (χ2n) is 14.1. The van der Waals surface area contributed by atoms with Crippen molar-refractivity contribution in [3.8, 4) is 6.07 Å². The number of nitrogens with one attached hydrogen (secondary N) is 1. The molecule has 1 aromatic heterocycles. The van der Waals surface area contributed by atoms with Crippen molar-refractivity contribution in [2.24, 2.45) is 11.8 Å². The van der Waals surface area contributed by atoms with Gasteiger partial charge < -0.3 is 0 Å². The van der Waals surface area contributed by atoms with Gasteiger partial charge in [-0.15, -0.1) is 0 Å². The number of rotatable bonds is 18. The molecule has 1 N–H and O–H groups in total. The molecule has 45 heavy (non-hydrogen) atoms. The third-order valence-corrected chi connectivity index (χ3v) is 15.1. The molecule has 11 nitrogen and oxygen atoms in total. The fourth-order valence-electron chi connectivity index (χ4n) is 4.57. The summed E-state index contributed by atoms with van der Waals surface area (Å²) in [6.07, 6.45) is -0.880. The summed E-state index contributed by atoms with van der Waals surface area (Å²) in [6, 6.07) is 3.97. The Bertz CT molecular complexity index is 1170. The summed E-state index contributed by atoms with van der Waals surface area (Å²) < 4.78 is 36.9. The van der Waals surface area contributed by atoms with E-state index in [0.29, 0.717) is 24.3 Å². The van der Waals surface area contributed by atoms with Crippen LogP contribution in [0.5, 0.6) is 0 Å². The van der Waals surface area contributed by atoms with E-state index in [9.17, 15) is 10.1 Å². The van der Waals surface area contributed by atoms with Crippen molar-refractivity contribution in [2.75, 3.05) is 25.0 Å². The Morgan fingerprint density at radius 3 is 2.36 bits per heavy atom. The maximum atomic E-state index is 13.4. The van der Waals surface area contributed by atoms with Crippen LogP contribution in [0.25, 0.3) is 0 Å². The standard InChI is InChI=1S/C30H55B2N5O6PSi/c1-20(2)23(7)18-39-19-24-26(43-45(11,12)30(8,9)10)27(28(41-24)36-16-14-25(35-32-31)34-29(36)38)42-44(40-17-13-15-33)37(21(3)4)22(5)6/h14,16,20-24,26-28H,13,17-19H2,1-12H3,(H,34,35,38)/t23?,24?,26?,27?,28-,44?/m1/s1. The third-order valence-electron chi connectivity index (χ3n) is 8.53. The summed E-state index contributed by atoms with van der Waals surface area (Å²) in [4.78, 5) is 17.6. The molecule has 5 unspecified atom stereocenters. The van der Waals surface area contributed by atoms with Gasteiger partial charge in [0.15, 0.2) is 0 Å². The number of nitrogens with zero attached hydrogens (tertiary/aromatic N) is 4. The van der Waals surface area contributed by atoms with Gasteiger partial charge in [-0.2, -0.15) is 5.26 Å². The van der Waals surface area contributed by atoms with E-state index in [4.69, 9.17) is 30.3 Å². The first-order valence-corrected chi connectivity index (χ1v) is 20.0. The number of anilines is 1. The van der Waals surface area contributed by atoms with Crippen molar-refractivity contribution >= 4 is 37.0 Å². The van der Waals surface area contributed by atoms with Crippen molar-refractivity contribution in [1.82, 2.24) is 14.2 Å². The van der Waals surface area contributed by atoms with Crippen molar-refractivity contribution in [2.45, 2.75) is 130 Å². The van der Waals surface area contributed by atoms with E-state index >= 15 is 0 Å². The van der Waals surface area contributed by atoms with E-state index in [0.717, 1.165) is 0 Å². The molecule has 1 fully saturated rings. The van der Waals surface area contributed by atoms with Crippen molar-refractivity contribution in [3.05, 3.63) is 22.7 Å². The Morgan fingerprint density at radius 1 is 1.20 bits per heavy atom. The average Bonchev–Trinajstić information content (AvgIpc) is 3.23. The second kappa shape index (κ2) is 17.7. The average molecular weight is 662 g/mol. The molecule has 0 bridgehead atoms. The van der Waals surface area contributed by atoms with Gasteiger partial charge in [-0.25, -0.2) is 0 Å². The number of hydrogen-bond donors (Lipinski definition) is 1. The number of ether oxygens (including phenoxy) is 2. The molecule has 0 spiro atoms. The van der Waals surface area contributed by atoms with Crippen molar-refractivity contribution in [1.29, 1.82) is 5.26 Å². The van der Waals surface area contributed by atoms with Gasteiger partial charge in [-0.3, -0.25) is 0 Å². The van der Waals surface area contributed by atoms with Gasteiger partial charge in [-0.05, 0) is 5.92 Å². The Balaban J connectivity index is 2.67. The summed E-state index contributed by atoms with van der Waals surface area (Å²) in [5.41, 5.74) is -0.527. The van der Waals surface area contributed by atoms with Gasteiger partial charge in [0.25, 0.3) is 0 Å². The molecule has 2 heterocycles. The van der Waals surface area contributed by atoms with E-state index in [1.54, 1.807) is 12.3 Å². The number of hydrogen-bond acceptors (Lipinski definition) is 10. The molecule has 15 heteroatoms. The first-order chi connectivity index (χ1) is 20.9. The SMILES string of the molecule is [B]=BNc1ccn([C@@H]2OC(COCC(C)C(C)C)C(O[Si](C)(C)C(C)(C)C)C2OP(OCCC#N)N(C(C)C)C(C)C)c(=O)n1. The predicted octanol–water partition coefficient (Wildman–Crippen LogP) is 5.62. The van der Waals surface area contributed by atoms with E-state index in [-0.39, 0.29) is 36.8 Å². The van der Waals surface area contributed by atoms with Crippen LogP contribution in [0.3, 0.4) is 0 Å². The summed E-state index contributed by atoms with van der Waals surface area (Å²) in [6.45, 7) is 28.0. The van der Waals surface area contributed by atoms with E-state index < -0.39 is 47.1 Å². The maximum absolute atomic E-state index is 13.4. The van der Waals surface area contributed by atoms with Crippen molar-refractivity contribution < 1.29 is 22.9 Å². The van der Waals surface area contributed by atoms with Crippen LogP contribution in [0.2, 0.25) is 18.1 Å². The van der Waals surface area contributed by atoms with Crippen LogP contribution in [0.1, 0.15) is 81.9 Å². The molecule has 6 atom stereocenters. The van der Waals surface area contributed by atoms with Gasteiger partial charge in [0.2, 0.25) is 0 Å². The van der Waals surface area contributed by atoms with Gasteiger partial charge in [0, 0.05) is 0 Å². The fraction of sp³-hybridized carbons (Fsp3) is 0.833. The molecular formula is C30H55B2N5O6PSi. The Hall–Kier alpha value is -1.29. The third kappa shape index (κ3) is 11.1. The van der Waals surface area contributed by atoms with Crippen LogP contribution in [-0.4, -0.2) is 87.1 Å². The molecule has 251 valence electrons. The summed E-state index contributed by atoms with van der Waals surface area (Å²) in [7, 11) is 1.43. The molecule has 0 aromatic carbocycles. The van der Waals surface area contributed by atoms with Crippen LogP contribution in [-0.2, 0) is 22.9 Å². The van der Waals surface area contributed by atoms with Crippen LogP contribution >= 0.6 is 8.53 Å². The van der Waals surface area contributed by atoms with Crippen molar-refractivity contribution in [3.63, 3.8) is 0 Å². The topological polar surface area (TPSA) is 120 Å². The Labute approximate surface area is 275 Å². The molecule has 1 aromatic rings. The molecular weight excluding hydrogens is 607 g/mol. The number of aromatic nitrogens is 2. The zero-order valence-electron chi connectivity index (χ0n) is 29.4. The normalized spacial score (nSPS) is 22.2. The molecule has 1 saturated heterocycles. The van der Waals surface area contributed by atoms with Gasteiger partial charge in [-0.1, -0.05) is 20.8 Å². The molecule has 1 aliphatic rings. The summed E-state index contributed by atoms with van der Waals surface area (Å²) >= 11 is 0. The minimum atomic E-state index is -2.39. The quantitative estimate of drug-likeness (QED) is 0.121. The summed E-state index contributed by atoms with van der Waals surface area (Å²) in [5, 5.41) is 11.9. The van der Waals surface area contributed by atoms with Crippen LogP contribution < -0.4 is 10.9 Å². The Kier molecular flexibility index (Phi) is 15.7. The van der Waals surface area contributed by atoms with Crippen LogP contribution in [0, 0.1) is 23.2 Å². The van der Waals surface area contributed by atoms with Crippen LogP contribution in [0.4, 0.5) is 5.82 Å². The van der Waals surface area contributed by atoms with Gasteiger partial charge in [0.05, 0.1) is 6.07 Å². The zero-order valence-corrected chi connectivity index (χ0v) is 31.3. The molecule has 1 radical (unpaired) electrons. The molecule has 0 aliphatic carbocycles. The van der Waals surface area contributed by atoms with E-state index in [2.05, 4.69) is 103 Å². The minimum absolute atomic E-state index is 0.0811. The number of nitriles is 1. The van der Waals surface area contributed by atoms with E-state index in [1.807, 2.05) is 0 Å². The first kappa shape index (κ1) is 39.9. The fourth-order valence-corrected chi connectivity index (χ4v) is 7.63. The monoisotopic (exact) mass is 662 g/mol.